The summed E-state index contributed by atoms with van der Waals surface area (Å²) in [6, 6.07) is 12.8. The monoisotopic (exact) mass is 473 g/mol. The molecular weight excluding hydrogens is 443 g/mol. The summed E-state index contributed by atoms with van der Waals surface area (Å²) in [5.41, 5.74) is 6.61. The van der Waals surface area contributed by atoms with E-state index in [2.05, 4.69) is 6.92 Å². The molecule has 2 amide bonds. The highest BCUT2D eigenvalue weighted by molar-refractivity contribution is 5.98. The summed E-state index contributed by atoms with van der Waals surface area (Å²) < 4.78 is 40.0. The van der Waals surface area contributed by atoms with Crippen LogP contribution in [0.4, 0.5) is 23.7 Å². The van der Waals surface area contributed by atoms with E-state index in [0.29, 0.717) is 44.6 Å². The number of nitrogens with one attached hydrogen (secondary N) is 1. The average Bonchev–Trinajstić information content (AvgIpc) is 2.80. The first kappa shape index (κ1) is 24.1. The van der Waals surface area contributed by atoms with E-state index in [-0.39, 0.29) is 35.9 Å². The molecule has 4 rings (SSSR count). The van der Waals surface area contributed by atoms with Crippen molar-refractivity contribution in [3.63, 3.8) is 0 Å². The number of alkyl halides is 3. The number of rotatable bonds is 5. The highest BCUT2D eigenvalue weighted by Crippen LogP contribution is 2.33. The maximum absolute atomic E-state index is 13.4. The van der Waals surface area contributed by atoms with Gasteiger partial charge in [0.05, 0.1) is 5.56 Å². The summed E-state index contributed by atoms with van der Waals surface area (Å²) >= 11 is 0. The van der Waals surface area contributed by atoms with Crippen molar-refractivity contribution in [1.82, 2.24) is 9.80 Å². The SMILES string of the molecule is CC1CN(c2cccc(C(=N)N)c2)C(=O)N(C2CCN(Cc3ccccc3C(F)(F)F)CC2)C1. The van der Waals surface area contributed by atoms with Crippen LogP contribution >= 0.6 is 0 Å². The summed E-state index contributed by atoms with van der Waals surface area (Å²) in [6.45, 7) is 4.86. The third-order valence-electron chi connectivity index (χ3n) is 6.66. The summed E-state index contributed by atoms with van der Waals surface area (Å²) in [6.07, 6.45) is -2.93. The van der Waals surface area contributed by atoms with E-state index < -0.39 is 11.7 Å². The highest BCUT2D eigenvalue weighted by Gasteiger charge is 2.37. The Morgan fingerprint density at radius 3 is 2.47 bits per heavy atom. The fourth-order valence-corrected chi connectivity index (χ4v) is 4.94. The first-order chi connectivity index (χ1) is 16.1. The highest BCUT2D eigenvalue weighted by atomic mass is 19.4. The lowest BCUT2D eigenvalue weighted by Gasteiger charge is -2.45. The number of carbonyl (C=O) groups is 1. The van der Waals surface area contributed by atoms with Crippen molar-refractivity contribution < 1.29 is 18.0 Å². The van der Waals surface area contributed by atoms with Gasteiger partial charge in [0.15, 0.2) is 0 Å². The largest absolute Gasteiger partial charge is 0.416 e. The van der Waals surface area contributed by atoms with Crippen LogP contribution in [0.5, 0.6) is 0 Å². The maximum Gasteiger partial charge on any atom is 0.416 e. The Kier molecular flexibility index (Phi) is 6.84. The van der Waals surface area contributed by atoms with Gasteiger partial charge in [-0.2, -0.15) is 13.2 Å². The van der Waals surface area contributed by atoms with Crippen LogP contribution in [0.15, 0.2) is 48.5 Å². The average molecular weight is 474 g/mol. The second-order valence-electron chi connectivity index (χ2n) is 9.28. The van der Waals surface area contributed by atoms with Gasteiger partial charge in [-0.05, 0) is 42.5 Å². The van der Waals surface area contributed by atoms with E-state index in [1.165, 1.54) is 12.1 Å². The summed E-state index contributed by atoms with van der Waals surface area (Å²) in [5.74, 6) is 0.214. The number of likely N-dealkylation sites (tertiary alicyclic amines) is 1. The number of anilines is 1. The third-order valence-corrected chi connectivity index (χ3v) is 6.66. The Balaban J connectivity index is 1.43. The lowest BCUT2D eigenvalue weighted by atomic mass is 9.98. The van der Waals surface area contributed by atoms with Gasteiger partial charge in [-0.15, -0.1) is 0 Å². The van der Waals surface area contributed by atoms with E-state index >= 15 is 0 Å². The molecule has 0 aliphatic carbocycles. The van der Waals surface area contributed by atoms with E-state index in [9.17, 15) is 18.0 Å². The second-order valence-corrected chi connectivity index (χ2v) is 9.28. The molecule has 2 heterocycles. The van der Waals surface area contributed by atoms with Gasteiger partial charge >= 0.3 is 12.2 Å². The van der Waals surface area contributed by atoms with Gasteiger partial charge in [0.25, 0.3) is 0 Å². The minimum Gasteiger partial charge on any atom is -0.384 e. The predicted octanol–water partition coefficient (Wildman–Crippen LogP) is 4.53. The van der Waals surface area contributed by atoms with Gasteiger partial charge in [0.1, 0.15) is 5.84 Å². The first-order valence-corrected chi connectivity index (χ1v) is 11.5. The number of amides is 2. The Bertz CT molecular complexity index is 1050. The molecule has 2 fully saturated rings. The Hall–Kier alpha value is -3.07. The fraction of sp³-hybridized carbons (Fsp3) is 0.440. The number of nitrogen functional groups attached to an aromatic ring is 1. The molecule has 0 bridgehead atoms. The Morgan fingerprint density at radius 1 is 1.09 bits per heavy atom. The third kappa shape index (κ3) is 5.19. The molecule has 0 radical (unpaired) electrons. The Labute approximate surface area is 197 Å². The molecule has 182 valence electrons. The van der Waals surface area contributed by atoms with Gasteiger partial charge in [0.2, 0.25) is 0 Å². The zero-order chi connectivity index (χ0) is 24.5. The molecule has 6 nitrogen and oxygen atoms in total. The van der Waals surface area contributed by atoms with E-state index in [1.54, 1.807) is 29.2 Å². The summed E-state index contributed by atoms with van der Waals surface area (Å²) in [4.78, 5) is 19.1. The van der Waals surface area contributed by atoms with Gasteiger partial charge < -0.3 is 10.6 Å². The number of piperidine rings is 1. The van der Waals surface area contributed by atoms with E-state index in [0.717, 1.165) is 11.8 Å². The van der Waals surface area contributed by atoms with Gasteiger partial charge in [-0.1, -0.05) is 37.3 Å². The molecule has 0 aromatic heterocycles. The normalized spacial score (nSPS) is 20.6. The molecule has 9 heteroatoms. The number of urea groups is 1. The number of amidine groups is 1. The maximum atomic E-state index is 13.4. The van der Waals surface area contributed by atoms with Crippen LogP contribution in [-0.4, -0.2) is 53.9 Å². The van der Waals surface area contributed by atoms with Gasteiger partial charge in [0, 0.05) is 50.0 Å². The molecular formula is C25H30F3N5O. The van der Waals surface area contributed by atoms with Crippen LogP contribution in [0.25, 0.3) is 0 Å². The quantitative estimate of drug-likeness (QED) is 0.495. The van der Waals surface area contributed by atoms with Crippen molar-refractivity contribution in [1.29, 1.82) is 5.41 Å². The van der Waals surface area contributed by atoms with Crippen molar-refractivity contribution in [2.75, 3.05) is 31.1 Å². The fourth-order valence-electron chi connectivity index (χ4n) is 4.94. The molecule has 2 aromatic rings. The molecule has 2 aromatic carbocycles. The molecule has 1 atom stereocenters. The summed E-state index contributed by atoms with van der Waals surface area (Å²) in [5, 5.41) is 7.68. The minimum atomic E-state index is -4.37. The van der Waals surface area contributed by atoms with Crippen molar-refractivity contribution in [3.05, 3.63) is 65.2 Å². The zero-order valence-corrected chi connectivity index (χ0v) is 19.2. The van der Waals surface area contributed by atoms with Gasteiger partial charge in [-0.3, -0.25) is 15.2 Å². The van der Waals surface area contributed by atoms with Crippen LogP contribution in [0.2, 0.25) is 0 Å². The predicted molar refractivity (Wildman–Crippen MR) is 126 cm³/mol. The van der Waals surface area contributed by atoms with E-state index in [1.807, 2.05) is 15.9 Å². The number of hydrogen-bond acceptors (Lipinski definition) is 3. The number of hydrogen-bond donors (Lipinski definition) is 2. The van der Waals surface area contributed by atoms with Crippen molar-refractivity contribution in [2.24, 2.45) is 11.7 Å². The number of halogens is 3. The number of nitrogens with zero attached hydrogens (tertiary/aromatic N) is 3. The van der Waals surface area contributed by atoms with Crippen LogP contribution in [0.1, 0.15) is 36.5 Å². The topological polar surface area (TPSA) is 76.7 Å². The molecule has 2 aliphatic heterocycles. The molecule has 2 aliphatic rings. The van der Waals surface area contributed by atoms with E-state index in [4.69, 9.17) is 11.1 Å². The number of carbonyl (C=O) groups excluding carboxylic acids is 1. The summed E-state index contributed by atoms with van der Waals surface area (Å²) in [7, 11) is 0. The standard InChI is InChI=1S/C25H30F3N5O/c1-17-14-32(24(34)33(15-17)21-7-4-6-18(13-21)23(29)30)20-9-11-31(12-10-20)16-19-5-2-3-8-22(19)25(26,27)28/h2-8,13,17,20H,9-12,14-16H2,1H3,(H3,29,30). The first-order valence-electron chi connectivity index (χ1n) is 11.5. The van der Waals surface area contributed by atoms with Crippen LogP contribution in [0.3, 0.4) is 0 Å². The molecule has 3 N–H and O–H groups in total. The van der Waals surface area contributed by atoms with Crippen molar-refractivity contribution >= 4 is 17.6 Å². The van der Waals surface area contributed by atoms with Crippen molar-refractivity contribution in [2.45, 2.75) is 38.5 Å². The molecule has 34 heavy (non-hydrogen) atoms. The minimum absolute atomic E-state index is 0.0443. The zero-order valence-electron chi connectivity index (χ0n) is 19.2. The van der Waals surface area contributed by atoms with Crippen molar-refractivity contribution in [3.8, 4) is 0 Å². The lowest BCUT2D eigenvalue weighted by Crippen LogP contribution is -2.58. The smallest absolute Gasteiger partial charge is 0.384 e. The molecule has 1 unspecified atom stereocenters. The lowest BCUT2D eigenvalue weighted by molar-refractivity contribution is -0.138. The van der Waals surface area contributed by atoms with Crippen LogP contribution in [0, 0.1) is 11.3 Å². The number of nitrogens with two attached hydrogens (primary N) is 1. The second kappa shape index (κ2) is 9.66. The molecule has 2 saturated heterocycles. The van der Waals surface area contributed by atoms with Gasteiger partial charge in [-0.25, -0.2) is 4.79 Å². The molecule has 0 spiro atoms. The number of benzene rings is 2. The van der Waals surface area contributed by atoms with Crippen LogP contribution < -0.4 is 10.6 Å². The van der Waals surface area contributed by atoms with Crippen LogP contribution in [-0.2, 0) is 12.7 Å². The Morgan fingerprint density at radius 2 is 1.79 bits per heavy atom. The molecule has 0 saturated carbocycles.